The summed E-state index contributed by atoms with van der Waals surface area (Å²) < 4.78 is 29.9. The Labute approximate surface area is 191 Å². The van der Waals surface area contributed by atoms with Gasteiger partial charge in [0.05, 0.1) is 17.3 Å². The number of hydrogen-bond donors (Lipinski definition) is 2. The second kappa shape index (κ2) is 9.51. The average Bonchev–Trinajstić information content (AvgIpc) is 3.28. The Morgan fingerprint density at radius 3 is 2.38 bits per heavy atom. The highest BCUT2D eigenvalue weighted by Crippen LogP contribution is 2.28. The Morgan fingerprint density at radius 1 is 1.09 bits per heavy atom. The number of aromatic nitrogens is 2. The van der Waals surface area contributed by atoms with Crippen LogP contribution >= 0.6 is 0 Å². The second-order valence-corrected chi connectivity index (χ2v) is 12.0. The monoisotopic (exact) mass is 467 g/mol. The molecule has 10 heteroatoms. The van der Waals surface area contributed by atoms with Crippen molar-refractivity contribution in [1.82, 2.24) is 24.7 Å². The van der Waals surface area contributed by atoms with E-state index < -0.39 is 10.0 Å². The third kappa shape index (κ3) is 5.70. The number of nitrogens with one attached hydrogen (secondary N) is 2. The van der Waals surface area contributed by atoms with E-state index in [-0.39, 0.29) is 47.3 Å². The molecule has 1 aromatic rings. The van der Waals surface area contributed by atoms with Crippen LogP contribution in [0, 0.1) is 19.8 Å². The number of piperidine rings is 1. The van der Waals surface area contributed by atoms with E-state index in [4.69, 9.17) is 0 Å². The molecular weight excluding hydrogens is 430 g/mol. The molecule has 180 valence electrons. The molecule has 2 N–H and O–H groups in total. The number of sulfonamides is 1. The number of carbonyl (C=O) groups is 2. The molecule has 0 spiro atoms. The highest BCUT2D eigenvalue weighted by molar-refractivity contribution is 7.89. The summed E-state index contributed by atoms with van der Waals surface area (Å²) in [6.07, 6.45) is 5.59. The van der Waals surface area contributed by atoms with E-state index in [1.54, 1.807) is 13.8 Å². The van der Waals surface area contributed by atoms with Crippen LogP contribution in [-0.2, 0) is 26.2 Å². The van der Waals surface area contributed by atoms with Crippen LogP contribution in [0.3, 0.4) is 0 Å². The third-order valence-corrected chi connectivity index (χ3v) is 8.30. The number of rotatable bonds is 6. The van der Waals surface area contributed by atoms with E-state index in [9.17, 15) is 18.0 Å². The Balaban J connectivity index is 1.74. The highest BCUT2D eigenvalue weighted by Gasteiger charge is 2.37. The van der Waals surface area contributed by atoms with Gasteiger partial charge in [-0.05, 0) is 60.3 Å². The molecular formula is C22H37N5O4S. The number of hydrogen-bond acceptors (Lipinski definition) is 5. The van der Waals surface area contributed by atoms with Crippen LogP contribution in [-0.4, -0.2) is 59.0 Å². The first-order chi connectivity index (χ1) is 14.9. The first-order valence-electron chi connectivity index (χ1n) is 11.5. The van der Waals surface area contributed by atoms with Crippen molar-refractivity contribution in [3.8, 4) is 0 Å². The van der Waals surface area contributed by atoms with Gasteiger partial charge in [-0.1, -0.05) is 12.8 Å². The average molecular weight is 468 g/mol. The quantitative estimate of drug-likeness (QED) is 0.663. The second-order valence-electron chi connectivity index (χ2n) is 10.1. The SMILES string of the molecule is Cc1nn(CC(=O)NC(C)(C)C)c(C)c1S(=O)(=O)N1CCCC(C(=O)NC2CCCC2)C1. The fourth-order valence-corrected chi connectivity index (χ4v) is 6.59. The van der Waals surface area contributed by atoms with Crippen molar-refractivity contribution < 1.29 is 18.0 Å². The third-order valence-electron chi connectivity index (χ3n) is 6.18. The van der Waals surface area contributed by atoms with Crippen molar-refractivity contribution in [3.05, 3.63) is 11.4 Å². The van der Waals surface area contributed by atoms with Crippen molar-refractivity contribution in [2.45, 2.75) is 96.2 Å². The summed E-state index contributed by atoms with van der Waals surface area (Å²) in [6.45, 7) is 9.48. The van der Waals surface area contributed by atoms with Gasteiger partial charge in [-0.15, -0.1) is 0 Å². The molecule has 2 amide bonds. The molecule has 1 saturated carbocycles. The van der Waals surface area contributed by atoms with Crippen molar-refractivity contribution in [3.63, 3.8) is 0 Å². The summed E-state index contributed by atoms with van der Waals surface area (Å²) in [4.78, 5) is 25.2. The molecule has 1 aliphatic heterocycles. The molecule has 32 heavy (non-hydrogen) atoms. The van der Waals surface area contributed by atoms with Gasteiger partial charge >= 0.3 is 0 Å². The van der Waals surface area contributed by atoms with Gasteiger partial charge in [0.1, 0.15) is 11.4 Å². The molecule has 2 aliphatic rings. The lowest BCUT2D eigenvalue weighted by Gasteiger charge is -2.32. The van der Waals surface area contributed by atoms with Gasteiger partial charge in [0.25, 0.3) is 0 Å². The molecule has 1 aromatic heterocycles. The van der Waals surface area contributed by atoms with Crippen molar-refractivity contribution >= 4 is 21.8 Å². The van der Waals surface area contributed by atoms with Crippen molar-refractivity contribution in [1.29, 1.82) is 0 Å². The van der Waals surface area contributed by atoms with Crippen molar-refractivity contribution in [2.24, 2.45) is 5.92 Å². The minimum Gasteiger partial charge on any atom is -0.353 e. The summed E-state index contributed by atoms with van der Waals surface area (Å²) in [5, 5.41) is 10.3. The number of carbonyl (C=O) groups excluding carboxylic acids is 2. The van der Waals surface area contributed by atoms with Gasteiger partial charge in [-0.25, -0.2) is 8.42 Å². The molecule has 0 bridgehead atoms. The minimum atomic E-state index is -3.83. The standard InChI is InChI=1S/C22H37N5O4S/c1-15-20(16(2)27(25-15)14-19(28)24-22(3,4)5)32(30,31)26-12-8-9-17(13-26)21(29)23-18-10-6-7-11-18/h17-18H,6-14H2,1-5H3,(H,23,29)(H,24,28). The summed E-state index contributed by atoms with van der Waals surface area (Å²) in [7, 11) is -3.83. The van der Waals surface area contributed by atoms with E-state index in [0.29, 0.717) is 30.8 Å². The van der Waals surface area contributed by atoms with Crippen LogP contribution in [0.25, 0.3) is 0 Å². The van der Waals surface area contributed by atoms with Crippen LogP contribution in [0.4, 0.5) is 0 Å². The maximum Gasteiger partial charge on any atom is 0.246 e. The molecule has 0 radical (unpaired) electrons. The molecule has 2 fully saturated rings. The lowest BCUT2D eigenvalue weighted by Crippen LogP contribution is -2.47. The van der Waals surface area contributed by atoms with Crippen LogP contribution in [0.1, 0.15) is 70.7 Å². The normalized spacial score (nSPS) is 21.0. The van der Waals surface area contributed by atoms with Crippen molar-refractivity contribution in [2.75, 3.05) is 13.1 Å². The van der Waals surface area contributed by atoms with Crippen LogP contribution < -0.4 is 10.6 Å². The molecule has 9 nitrogen and oxygen atoms in total. The molecule has 1 atom stereocenters. The van der Waals surface area contributed by atoms with E-state index in [1.807, 2.05) is 20.8 Å². The predicted octanol–water partition coefficient (Wildman–Crippen LogP) is 1.87. The first-order valence-corrected chi connectivity index (χ1v) is 13.0. The molecule has 1 aliphatic carbocycles. The molecule has 1 saturated heterocycles. The topological polar surface area (TPSA) is 113 Å². The van der Waals surface area contributed by atoms with E-state index >= 15 is 0 Å². The highest BCUT2D eigenvalue weighted by atomic mass is 32.2. The summed E-state index contributed by atoms with van der Waals surface area (Å²) in [5.41, 5.74) is 0.414. The minimum absolute atomic E-state index is 0.0419. The van der Waals surface area contributed by atoms with E-state index in [2.05, 4.69) is 15.7 Å². The van der Waals surface area contributed by atoms with Gasteiger partial charge in [0.15, 0.2) is 0 Å². The number of nitrogens with zero attached hydrogens (tertiary/aromatic N) is 3. The lowest BCUT2D eigenvalue weighted by atomic mass is 9.98. The molecule has 1 unspecified atom stereocenters. The van der Waals surface area contributed by atoms with E-state index in [0.717, 1.165) is 25.7 Å². The van der Waals surface area contributed by atoms with Crippen LogP contribution in [0.15, 0.2) is 4.90 Å². The maximum atomic E-state index is 13.5. The summed E-state index contributed by atoms with van der Waals surface area (Å²) >= 11 is 0. The lowest BCUT2D eigenvalue weighted by molar-refractivity contribution is -0.127. The number of aryl methyl sites for hydroxylation is 1. The van der Waals surface area contributed by atoms with E-state index in [1.165, 1.54) is 8.99 Å². The van der Waals surface area contributed by atoms with Crippen LogP contribution in [0.5, 0.6) is 0 Å². The van der Waals surface area contributed by atoms with Gasteiger partial charge in [0.2, 0.25) is 21.8 Å². The van der Waals surface area contributed by atoms with Gasteiger partial charge in [-0.2, -0.15) is 9.40 Å². The van der Waals surface area contributed by atoms with Gasteiger partial charge in [-0.3, -0.25) is 14.3 Å². The summed E-state index contributed by atoms with van der Waals surface area (Å²) in [6, 6.07) is 0.219. The Kier molecular flexibility index (Phi) is 7.34. The summed E-state index contributed by atoms with van der Waals surface area (Å²) in [5.74, 6) is -0.610. The molecule has 0 aromatic carbocycles. The number of amides is 2. The Bertz CT molecular complexity index is 958. The smallest absolute Gasteiger partial charge is 0.246 e. The fourth-order valence-electron chi connectivity index (χ4n) is 4.69. The Hall–Kier alpha value is -1.94. The Morgan fingerprint density at radius 2 is 1.75 bits per heavy atom. The largest absolute Gasteiger partial charge is 0.353 e. The zero-order valence-corrected chi connectivity index (χ0v) is 20.7. The van der Waals surface area contributed by atoms with Gasteiger partial charge in [0, 0.05) is 24.7 Å². The zero-order chi connectivity index (χ0) is 23.7. The first kappa shape index (κ1) is 24.7. The molecule has 3 rings (SSSR count). The fraction of sp³-hybridized carbons (Fsp3) is 0.773. The molecule has 2 heterocycles. The van der Waals surface area contributed by atoms with Gasteiger partial charge < -0.3 is 10.6 Å². The van der Waals surface area contributed by atoms with Crippen LogP contribution in [0.2, 0.25) is 0 Å². The maximum absolute atomic E-state index is 13.5. The zero-order valence-electron chi connectivity index (χ0n) is 19.9. The predicted molar refractivity (Wildman–Crippen MR) is 121 cm³/mol.